The lowest BCUT2D eigenvalue weighted by Gasteiger charge is -2.39. The predicted octanol–water partition coefficient (Wildman–Crippen LogP) is 4.57. The highest BCUT2D eigenvalue weighted by molar-refractivity contribution is 6.30. The van der Waals surface area contributed by atoms with Gasteiger partial charge in [0.2, 0.25) is 0 Å². The molecule has 2 aromatic rings. The molecular weight excluding hydrogens is 424 g/mol. The second-order valence-electron chi connectivity index (χ2n) is 8.23. The number of nitrogens with zero attached hydrogens (tertiary/aromatic N) is 2. The molecule has 1 aliphatic heterocycles. The number of benzene rings is 2. The Balaban J connectivity index is 1.48. The normalized spacial score (nSPS) is 16.5. The number of carbonyl (C=O) groups is 1. The van der Waals surface area contributed by atoms with E-state index in [0.29, 0.717) is 6.61 Å². The lowest BCUT2D eigenvalue weighted by atomic mass is 9.96. The summed E-state index contributed by atoms with van der Waals surface area (Å²) < 4.78 is 10.4. The van der Waals surface area contributed by atoms with Crippen LogP contribution in [0.5, 0.6) is 0 Å². The van der Waals surface area contributed by atoms with Crippen molar-refractivity contribution in [2.24, 2.45) is 0 Å². The molecule has 5 nitrogen and oxygen atoms in total. The van der Waals surface area contributed by atoms with Crippen LogP contribution in [-0.4, -0.2) is 67.8 Å². The highest BCUT2D eigenvalue weighted by atomic mass is 35.5. The van der Waals surface area contributed by atoms with Crippen molar-refractivity contribution in [3.05, 3.63) is 82.9 Å². The van der Waals surface area contributed by atoms with Crippen LogP contribution >= 0.6 is 11.6 Å². The standard InChI is InChI=1S/C26H33ClN2O3/c1-21(2)32-25(30)20-31-19-7-6-14-28-15-17-29(18-16-28)26(22-8-4-3-5-9-22)23-10-12-24(27)13-11-23/h3-13,21,26H,14-20H2,1-2H3/t26-/m1/s1. The summed E-state index contributed by atoms with van der Waals surface area (Å²) in [5.74, 6) is -0.321. The molecule has 32 heavy (non-hydrogen) atoms. The first kappa shape index (κ1) is 24.5. The van der Waals surface area contributed by atoms with Gasteiger partial charge in [-0.05, 0) is 37.1 Å². The SMILES string of the molecule is CC(C)OC(=O)COCC=CCN1CCN([C@H](c2ccccc2)c2ccc(Cl)cc2)CC1. The average molecular weight is 457 g/mol. The summed E-state index contributed by atoms with van der Waals surface area (Å²) in [7, 11) is 0. The van der Waals surface area contributed by atoms with Crippen LogP contribution in [0.25, 0.3) is 0 Å². The van der Waals surface area contributed by atoms with Gasteiger partial charge in [0.25, 0.3) is 0 Å². The molecular formula is C26H33ClN2O3. The molecule has 0 saturated carbocycles. The maximum Gasteiger partial charge on any atom is 0.332 e. The first-order chi connectivity index (χ1) is 15.5. The average Bonchev–Trinajstić information content (AvgIpc) is 2.79. The molecule has 0 unspecified atom stereocenters. The number of piperazine rings is 1. The van der Waals surface area contributed by atoms with E-state index in [2.05, 4.69) is 58.3 Å². The Morgan fingerprint density at radius 3 is 2.28 bits per heavy atom. The number of hydrogen-bond acceptors (Lipinski definition) is 5. The van der Waals surface area contributed by atoms with Gasteiger partial charge in [-0.15, -0.1) is 0 Å². The molecule has 2 aromatic carbocycles. The molecule has 0 bridgehead atoms. The van der Waals surface area contributed by atoms with Crippen LogP contribution in [-0.2, 0) is 14.3 Å². The van der Waals surface area contributed by atoms with Crippen LogP contribution in [0.2, 0.25) is 5.02 Å². The second kappa shape index (κ2) is 12.8. The van der Waals surface area contributed by atoms with E-state index in [4.69, 9.17) is 21.1 Å². The summed E-state index contributed by atoms with van der Waals surface area (Å²) in [5.41, 5.74) is 2.57. The fraction of sp³-hybridized carbons (Fsp3) is 0.423. The van der Waals surface area contributed by atoms with Gasteiger partial charge < -0.3 is 9.47 Å². The topological polar surface area (TPSA) is 42.0 Å². The van der Waals surface area contributed by atoms with Crippen LogP contribution in [0.3, 0.4) is 0 Å². The van der Waals surface area contributed by atoms with Gasteiger partial charge in [-0.2, -0.15) is 0 Å². The van der Waals surface area contributed by atoms with Crippen molar-refractivity contribution in [1.82, 2.24) is 9.80 Å². The fourth-order valence-electron chi connectivity index (χ4n) is 3.90. The minimum absolute atomic E-state index is 0.00718. The Labute approximate surface area is 196 Å². The third-order valence-corrected chi connectivity index (χ3v) is 5.66. The van der Waals surface area contributed by atoms with Crippen molar-refractivity contribution >= 4 is 17.6 Å². The Hall–Kier alpha value is -2.18. The molecule has 1 heterocycles. The zero-order chi connectivity index (χ0) is 22.8. The zero-order valence-electron chi connectivity index (χ0n) is 19.0. The van der Waals surface area contributed by atoms with E-state index in [0.717, 1.165) is 37.7 Å². The van der Waals surface area contributed by atoms with Crippen LogP contribution in [0.1, 0.15) is 31.0 Å². The number of halogens is 1. The number of rotatable bonds is 10. The number of carbonyl (C=O) groups excluding carboxylic acids is 1. The van der Waals surface area contributed by atoms with Crippen LogP contribution in [0.4, 0.5) is 0 Å². The van der Waals surface area contributed by atoms with E-state index in [9.17, 15) is 4.79 Å². The van der Waals surface area contributed by atoms with E-state index < -0.39 is 0 Å². The highest BCUT2D eigenvalue weighted by Gasteiger charge is 2.26. The van der Waals surface area contributed by atoms with Crippen LogP contribution in [0, 0.1) is 0 Å². The van der Waals surface area contributed by atoms with E-state index >= 15 is 0 Å². The summed E-state index contributed by atoms with van der Waals surface area (Å²) in [4.78, 5) is 16.4. The van der Waals surface area contributed by atoms with E-state index in [1.807, 2.05) is 32.1 Å². The van der Waals surface area contributed by atoms with Gasteiger partial charge in [0.05, 0.1) is 18.8 Å². The Kier molecular flexibility index (Phi) is 9.75. The number of ether oxygens (including phenoxy) is 2. The predicted molar refractivity (Wildman–Crippen MR) is 129 cm³/mol. The quantitative estimate of drug-likeness (QED) is 0.297. The molecule has 6 heteroatoms. The summed E-state index contributed by atoms with van der Waals surface area (Å²) in [6.45, 7) is 8.94. The van der Waals surface area contributed by atoms with Gasteiger partial charge in [-0.3, -0.25) is 9.80 Å². The molecule has 0 spiro atoms. The maximum absolute atomic E-state index is 11.5. The molecule has 1 atom stereocenters. The fourth-order valence-corrected chi connectivity index (χ4v) is 4.02. The largest absolute Gasteiger partial charge is 0.461 e. The third-order valence-electron chi connectivity index (χ3n) is 5.40. The molecule has 0 aliphatic carbocycles. The Bertz CT molecular complexity index is 847. The second-order valence-corrected chi connectivity index (χ2v) is 8.66. The molecule has 1 fully saturated rings. The van der Waals surface area contributed by atoms with Crippen molar-refractivity contribution < 1.29 is 14.3 Å². The van der Waals surface area contributed by atoms with Crippen molar-refractivity contribution in [3.63, 3.8) is 0 Å². The third kappa shape index (κ3) is 7.75. The van der Waals surface area contributed by atoms with Crippen molar-refractivity contribution in [3.8, 4) is 0 Å². The molecule has 0 amide bonds. The Morgan fingerprint density at radius 1 is 0.969 bits per heavy atom. The van der Waals surface area contributed by atoms with Gasteiger partial charge in [0.1, 0.15) is 6.61 Å². The van der Waals surface area contributed by atoms with Gasteiger partial charge in [0.15, 0.2) is 0 Å². The van der Waals surface area contributed by atoms with Gasteiger partial charge >= 0.3 is 5.97 Å². The minimum Gasteiger partial charge on any atom is -0.461 e. The lowest BCUT2D eigenvalue weighted by Crippen LogP contribution is -2.47. The molecule has 0 N–H and O–H groups in total. The summed E-state index contributed by atoms with van der Waals surface area (Å²) >= 11 is 6.12. The van der Waals surface area contributed by atoms with Gasteiger partial charge in [-0.25, -0.2) is 4.79 Å². The van der Waals surface area contributed by atoms with Crippen LogP contribution in [0.15, 0.2) is 66.7 Å². The molecule has 3 rings (SSSR count). The van der Waals surface area contributed by atoms with E-state index in [1.165, 1.54) is 11.1 Å². The first-order valence-corrected chi connectivity index (χ1v) is 11.6. The van der Waals surface area contributed by atoms with Crippen molar-refractivity contribution in [1.29, 1.82) is 0 Å². The van der Waals surface area contributed by atoms with Crippen LogP contribution < -0.4 is 0 Å². The first-order valence-electron chi connectivity index (χ1n) is 11.2. The molecule has 0 aromatic heterocycles. The molecule has 0 radical (unpaired) electrons. The Morgan fingerprint density at radius 2 is 1.62 bits per heavy atom. The summed E-state index contributed by atoms with van der Waals surface area (Å²) in [6.07, 6.45) is 3.97. The lowest BCUT2D eigenvalue weighted by molar-refractivity contribution is -0.152. The molecule has 1 aliphatic rings. The summed E-state index contributed by atoms with van der Waals surface area (Å²) in [6, 6.07) is 19.1. The van der Waals surface area contributed by atoms with Gasteiger partial charge in [0, 0.05) is 37.7 Å². The monoisotopic (exact) mass is 456 g/mol. The number of hydrogen-bond donors (Lipinski definition) is 0. The summed E-state index contributed by atoms with van der Waals surface area (Å²) in [5, 5.41) is 0.762. The van der Waals surface area contributed by atoms with E-state index in [1.54, 1.807) is 0 Å². The highest BCUT2D eigenvalue weighted by Crippen LogP contribution is 2.30. The van der Waals surface area contributed by atoms with Gasteiger partial charge in [-0.1, -0.05) is 66.2 Å². The maximum atomic E-state index is 11.5. The van der Waals surface area contributed by atoms with Crippen molar-refractivity contribution in [2.45, 2.75) is 26.0 Å². The minimum atomic E-state index is -0.321. The smallest absolute Gasteiger partial charge is 0.332 e. The molecule has 1 saturated heterocycles. The van der Waals surface area contributed by atoms with E-state index in [-0.39, 0.29) is 24.7 Å². The molecule has 172 valence electrons. The van der Waals surface area contributed by atoms with Crippen molar-refractivity contribution in [2.75, 3.05) is 45.9 Å². The zero-order valence-corrected chi connectivity index (χ0v) is 19.7. The number of esters is 1.